The average Bonchev–Trinajstić information content (AvgIpc) is 3.51. The quantitative estimate of drug-likeness (QED) is 0.590. The number of likely N-dealkylation sites (tertiary alicyclic amines) is 1. The van der Waals surface area contributed by atoms with Crippen LogP contribution in [-0.2, 0) is 14.4 Å². The first-order valence-electron chi connectivity index (χ1n) is 12.1. The number of anilines is 1. The third kappa shape index (κ3) is 5.05. The Labute approximate surface area is 204 Å². The summed E-state index contributed by atoms with van der Waals surface area (Å²) in [6.07, 6.45) is 0.723. The number of rotatable bonds is 5. The highest BCUT2D eigenvalue weighted by Crippen LogP contribution is 2.29. The SMILES string of the molecule is CC(=O)N1CCN(C(=O)CN2CC[C@@H](C(=O)Nc3ccc4[nH]nc(-c5ccccc5)c4c3)C2)CC1. The van der Waals surface area contributed by atoms with Crippen LogP contribution in [0.5, 0.6) is 0 Å². The van der Waals surface area contributed by atoms with Gasteiger partial charge in [-0.3, -0.25) is 24.4 Å². The number of amides is 3. The molecular weight excluding hydrogens is 444 g/mol. The largest absolute Gasteiger partial charge is 0.339 e. The molecule has 182 valence electrons. The topological polar surface area (TPSA) is 102 Å². The number of fused-ring (bicyclic) bond motifs is 1. The second-order valence-corrected chi connectivity index (χ2v) is 9.30. The molecule has 2 aliphatic heterocycles. The molecule has 2 saturated heterocycles. The van der Waals surface area contributed by atoms with Crippen LogP contribution < -0.4 is 5.32 Å². The molecule has 2 aliphatic rings. The first kappa shape index (κ1) is 23.0. The van der Waals surface area contributed by atoms with Gasteiger partial charge >= 0.3 is 0 Å². The molecule has 0 aliphatic carbocycles. The molecule has 3 aromatic rings. The van der Waals surface area contributed by atoms with E-state index in [1.807, 2.05) is 53.4 Å². The lowest BCUT2D eigenvalue weighted by Crippen LogP contribution is -2.52. The predicted molar refractivity (Wildman–Crippen MR) is 134 cm³/mol. The van der Waals surface area contributed by atoms with Gasteiger partial charge in [-0.2, -0.15) is 5.10 Å². The van der Waals surface area contributed by atoms with E-state index in [1.54, 1.807) is 11.8 Å². The molecule has 0 saturated carbocycles. The lowest BCUT2D eigenvalue weighted by Gasteiger charge is -2.35. The van der Waals surface area contributed by atoms with Crippen molar-refractivity contribution in [3.63, 3.8) is 0 Å². The number of hydrogen-bond donors (Lipinski definition) is 2. The molecule has 2 aromatic carbocycles. The van der Waals surface area contributed by atoms with Crippen molar-refractivity contribution in [1.82, 2.24) is 24.9 Å². The van der Waals surface area contributed by atoms with Gasteiger partial charge in [-0.05, 0) is 31.2 Å². The van der Waals surface area contributed by atoms with Crippen LogP contribution in [0.4, 0.5) is 5.69 Å². The van der Waals surface area contributed by atoms with E-state index in [9.17, 15) is 14.4 Å². The van der Waals surface area contributed by atoms with Crippen LogP contribution in [0.3, 0.4) is 0 Å². The lowest BCUT2D eigenvalue weighted by atomic mass is 10.1. The molecule has 3 heterocycles. The molecule has 0 spiro atoms. The molecule has 0 bridgehead atoms. The van der Waals surface area contributed by atoms with Gasteiger partial charge in [-0.25, -0.2) is 0 Å². The number of nitrogens with one attached hydrogen (secondary N) is 2. The van der Waals surface area contributed by atoms with Crippen LogP contribution in [0.1, 0.15) is 13.3 Å². The maximum absolute atomic E-state index is 13.0. The summed E-state index contributed by atoms with van der Waals surface area (Å²) in [6, 6.07) is 15.7. The van der Waals surface area contributed by atoms with Gasteiger partial charge in [0.2, 0.25) is 17.7 Å². The van der Waals surface area contributed by atoms with Crippen molar-refractivity contribution in [2.24, 2.45) is 5.92 Å². The molecular formula is C26H30N6O3. The van der Waals surface area contributed by atoms with Crippen molar-refractivity contribution in [3.8, 4) is 11.3 Å². The van der Waals surface area contributed by atoms with Gasteiger partial charge < -0.3 is 15.1 Å². The molecule has 1 atom stereocenters. The third-order valence-corrected chi connectivity index (χ3v) is 6.96. The minimum atomic E-state index is -0.161. The van der Waals surface area contributed by atoms with Crippen LogP contribution in [0.25, 0.3) is 22.2 Å². The summed E-state index contributed by atoms with van der Waals surface area (Å²) in [5.74, 6) is -0.0769. The highest BCUT2D eigenvalue weighted by Gasteiger charge is 2.31. The van der Waals surface area contributed by atoms with Crippen LogP contribution in [0.15, 0.2) is 48.5 Å². The Morgan fingerprint density at radius 1 is 1.00 bits per heavy atom. The zero-order valence-corrected chi connectivity index (χ0v) is 19.9. The molecule has 35 heavy (non-hydrogen) atoms. The molecule has 9 nitrogen and oxygen atoms in total. The number of nitrogens with zero attached hydrogens (tertiary/aromatic N) is 4. The van der Waals surface area contributed by atoms with Gasteiger partial charge in [0.15, 0.2) is 0 Å². The monoisotopic (exact) mass is 474 g/mol. The van der Waals surface area contributed by atoms with E-state index in [1.165, 1.54) is 0 Å². The first-order valence-corrected chi connectivity index (χ1v) is 12.1. The Balaban J connectivity index is 1.17. The number of benzene rings is 2. The summed E-state index contributed by atoms with van der Waals surface area (Å²) < 4.78 is 0. The molecule has 2 fully saturated rings. The van der Waals surface area contributed by atoms with Gasteiger partial charge in [0.05, 0.1) is 23.7 Å². The van der Waals surface area contributed by atoms with Crippen molar-refractivity contribution in [2.75, 3.05) is 51.1 Å². The lowest BCUT2D eigenvalue weighted by molar-refractivity contribution is -0.139. The van der Waals surface area contributed by atoms with Gasteiger partial charge in [-0.15, -0.1) is 0 Å². The Morgan fingerprint density at radius 2 is 1.74 bits per heavy atom. The van der Waals surface area contributed by atoms with Crippen molar-refractivity contribution in [2.45, 2.75) is 13.3 Å². The Kier molecular flexibility index (Phi) is 6.50. The standard InChI is InChI=1S/C26H30N6O3/c1-18(33)31-11-13-32(14-12-31)24(34)17-30-10-9-20(16-30)26(35)27-21-7-8-23-22(15-21)25(29-28-23)19-5-3-2-4-6-19/h2-8,15,20H,9-14,16-17H2,1H3,(H,27,35)(H,28,29)/t20-/m1/s1. The molecule has 0 radical (unpaired) electrons. The van der Waals surface area contributed by atoms with E-state index in [0.29, 0.717) is 39.3 Å². The molecule has 0 unspecified atom stereocenters. The highest BCUT2D eigenvalue weighted by atomic mass is 16.2. The number of piperazine rings is 1. The van der Waals surface area contributed by atoms with Crippen LogP contribution in [0, 0.1) is 5.92 Å². The van der Waals surface area contributed by atoms with Crippen LogP contribution >= 0.6 is 0 Å². The van der Waals surface area contributed by atoms with E-state index in [2.05, 4.69) is 20.4 Å². The van der Waals surface area contributed by atoms with E-state index < -0.39 is 0 Å². The summed E-state index contributed by atoms with van der Waals surface area (Å²) in [4.78, 5) is 42.8. The number of aromatic nitrogens is 2. The zero-order valence-electron chi connectivity index (χ0n) is 19.9. The van der Waals surface area contributed by atoms with E-state index >= 15 is 0 Å². The number of H-pyrrole nitrogens is 1. The summed E-state index contributed by atoms with van der Waals surface area (Å²) in [7, 11) is 0. The van der Waals surface area contributed by atoms with Crippen LogP contribution in [-0.4, -0.2) is 88.4 Å². The third-order valence-electron chi connectivity index (χ3n) is 6.96. The van der Waals surface area contributed by atoms with E-state index in [0.717, 1.165) is 40.8 Å². The fraction of sp³-hybridized carbons (Fsp3) is 0.385. The Bertz CT molecular complexity index is 1230. The maximum Gasteiger partial charge on any atom is 0.236 e. The van der Waals surface area contributed by atoms with E-state index in [-0.39, 0.29) is 23.6 Å². The second kappa shape index (κ2) is 9.87. The van der Waals surface area contributed by atoms with Crippen LogP contribution in [0.2, 0.25) is 0 Å². The summed E-state index contributed by atoms with van der Waals surface area (Å²) >= 11 is 0. The highest BCUT2D eigenvalue weighted by molar-refractivity contribution is 5.99. The fourth-order valence-electron chi connectivity index (χ4n) is 4.90. The average molecular weight is 475 g/mol. The summed E-state index contributed by atoms with van der Waals surface area (Å²) in [5.41, 5.74) is 3.52. The van der Waals surface area contributed by atoms with Gasteiger partial charge in [0.25, 0.3) is 0 Å². The zero-order chi connectivity index (χ0) is 24.4. The molecule has 3 amide bonds. The van der Waals surface area contributed by atoms with Crippen molar-refractivity contribution < 1.29 is 14.4 Å². The molecule has 1 aromatic heterocycles. The number of carbonyl (C=O) groups excluding carboxylic acids is 3. The van der Waals surface area contributed by atoms with Crippen molar-refractivity contribution in [3.05, 3.63) is 48.5 Å². The molecule has 9 heteroatoms. The van der Waals surface area contributed by atoms with Crippen molar-refractivity contribution >= 4 is 34.3 Å². The number of aromatic amines is 1. The second-order valence-electron chi connectivity index (χ2n) is 9.30. The minimum absolute atomic E-state index is 0.0286. The normalized spacial score (nSPS) is 18.7. The number of hydrogen-bond acceptors (Lipinski definition) is 5. The maximum atomic E-state index is 13.0. The predicted octanol–water partition coefficient (Wildman–Crippen LogP) is 2.18. The van der Waals surface area contributed by atoms with E-state index in [4.69, 9.17) is 0 Å². The molecule has 2 N–H and O–H groups in total. The summed E-state index contributed by atoms with van der Waals surface area (Å²) in [5, 5.41) is 11.5. The Hall–Kier alpha value is -3.72. The smallest absolute Gasteiger partial charge is 0.236 e. The minimum Gasteiger partial charge on any atom is -0.339 e. The van der Waals surface area contributed by atoms with Gasteiger partial charge in [0.1, 0.15) is 0 Å². The summed E-state index contributed by atoms with van der Waals surface area (Å²) in [6.45, 7) is 5.45. The van der Waals surface area contributed by atoms with Crippen molar-refractivity contribution in [1.29, 1.82) is 0 Å². The first-order chi connectivity index (χ1) is 17.0. The van der Waals surface area contributed by atoms with Gasteiger partial charge in [-0.1, -0.05) is 30.3 Å². The van der Waals surface area contributed by atoms with Gasteiger partial charge in [0, 0.05) is 56.3 Å². The Morgan fingerprint density at radius 3 is 2.49 bits per heavy atom. The molecule has 5 rings (SSSR count). The fourth-order valence-corrected chi connectivity index (χ4v) is 4.90. The number of carbonyl (C=O) groups is 3.